The van der Waals surface area contributed by atoms with Gasteiger partial charge in [0.15, 0.2) is 0 Å². The first kappa shape index (κ1) is 20.3. The summed E-state index contributed by atoms with van der Waals surface area (Å²) in [5.41, 5.74) is 2.95. The number of carbonyl (C=O) groups is 1. The van der Waals surface area contributed by atoms with Gasteiger partial charge in [-0.25, -0.2) is 4.79 Å². The Morgan fingerprint density at radius 3 is 2.59 bits per heavy atom. The highest BCUT2D eigenvalue weighted by Crippen LogP contribution is 2.53. The number of ether oxygens (including phenoxy) is 2. The minimum atomic E-state index is -0.591. The summed E-state index contributed by atoms with van der Waals surface area (Å²) in [6, 6.07) is 12.9. The topological polar surface area (TPSA) is 38.8 Å². The van der Waals surface area contributed by atoms with Gasteiger partial charge in [0.1, 0.15) is 16.2 Å². The summed E-state index contributed by atoms with van der Waals surface area (Å²) in [5, 5.41) is 0.645. The molecule has 0 fully saturated rings. The number of carbonyl (C=O) groups excluding carboxylic acids is 1. The molecule has 0 aliphatic carbocycles. The van der Waals surface area contributed by atoms with Gasteiger partial charge in [0.2, 0.25) is 0 Å². The highest BCUT2D eigenvalue weighted by atomic mass is 35.5. The van der Waals surface area contributed by atoms with E-state index < -0.39 is 11.6 Å². The number of benzene rings is 2. The van der Waals surface area contributed by atoms with Gasteiger partial charge in [-0.1, -0.05) is 56.6 Å². The van der Waals surface area contributed by atoms with Crippen molar-refractivity contribution in [2.45, 2.75) is 26.0 Å². The van der Waals surface area contributed by atoms with E-state index in [2.05, 4.69) is 0 Å². The molecule has 4 nitrogen and oxygen atoms in total. The minimum absolute atomic E-state index is 0.167. The first-order valence-corrected chi connectivity index (χ1v) is 11.8. The van der Waals surface area contributed by atoms with E-state index in [0.29, 0.717) is 5.02 Å². The Morgan fingerprint density at radius 2 is 1.90 bits per heavy atom. The highest BCUT2D eigenvalue weighted by molar-refractivity contribution is 7.80. The van der Waals surface area contributed by atoms with E-state index in [1.54, 1.807) is 44.8 Å². The molecule has 150 valence electrons. The molecule has 0 spiro atoms. The quantitative estimate of drug-likeness (QED) is 0.302. The third-order valence-electron chi connectivity index (χ3n) is 4.92. The zero-order valence-electron chi connectivity index (χ0n) is 16.0. The molecule has 0 bridgehead atoms. The van der Waals surface area contributed by atoms with E-state index in [1.807, 2.05) is 44.2 Å². The Morgan fingerprint density at radius 1 is 1.17 bits per heavy atom. The zero-order chi connectivity index (χ0) is 20.8. The maximum atomic E-state index is 13.2. The van der Waals surface area contributed by atoms with Crippen molar-refractivity contribution in [2.75, 3.05) is 12.0 Å². The van der Waals surface area contributed by atoms with Gasteiger partial charge in [0.25, 0.3) is 0 Å². The summed E-state index contributed by atoms with van der Waals surface area (Å²) in [6.45, 7) is 4.20. The second kappa shape index (κ2) is 7.72. The largest absolute Gasteiger partial charge is 0.497 e. The summed E-state index contributed by atoms with van der Waals surface area (Å²) in [5.74, 6) is 0.717. The molecule has 2 aromatic carbocycles. The van der Waals surface area contributed by atoms with E-state index in [0.717, 1.165) is 36.8 Å². The van der Waals surface area contributed by atoms with Gasteiger partial charge in [-0.05, 0) is 49.7 Å². The lowest BCUT2D eigenvalue weighted by atomic mass is 9.88. The number of fused-ring (bicyclic) bond motifs is 3. The fourth-order valence-corrected chi connectivity index (χ4v) is 6.86. The van der Waals surface area contributed by atoms with Crippen LogP contribution in [0.25, 0.3) is 11.1 Å². The monoisotopic (exact) mass is 463 g/mol. The molecule has 4 rings (SSSR count). The van der Waals surface area contributed by atoms with E-state index in [9.17, 15) is 4.79 Å². The molecule has 3 aromatic rings. The Hall–Kier alpha value is -1.93. The number of hydrogen-bond donors (Lipinski definition) is 0. The normalized spacial score (nSPS) is 14.1. The lowest BCUT2D eigenvalue weighted by Crippen LogP contribution is -2.48. The molecule has 0 atom stereocenters. The van der Waals surface area contributed by atoms with E-state index in [-0.39, 0.29) is 6.61 Å². The van der Waals surface area contributed by atoms with Crippen molar-refractivity contribution >= 4 is 56.3 Å². The van der Waals surface area contributed by atoms with Gasteiger partial charge in [-0.15, -0.1) is 0 Å². The molecule has 0 N–H and O–H groups in total. The zero-order valence-corrected chi connectivity index (χ0v) is 19.2. The van der Waals surface area contributed by atoms with Crippen molar-refractivity contribution in [2.24, 2.45) is 0 Å². The number of anilines is 1. The molecular weight excluding hydrogens is 446 g/mol. The third kappa shape index (κ3) is 3.57. The third-order valence-corrected chi connectivity index (χ3v) is 8.50. The van der Waals surface area contributed by atoms with Crippen molar-refractivity contribution in [1.82, 2.24) is 0 Å². The van der Waals surface area contributed by atoms with Crippen LogP contribution in [0.3, 0.4) is 0 Å². The second-order valence-electron chi connectivity index (χ2n) is 7.12. The number of amides is 1. The number of rotatable bonds is 3. The molecule has 0 saturated carbocycles. The van der Waals surface area contributed by atoms with Crippen molar-refractivity contribution in [3.8, 4) is 16.9 Å². The van der Waals surface area contributed by atoms with E-state index >= 15 is 0 Å². The van der Waals surface area contributed by atoms with Crippen molar-refractivity contribution < 1.29 is 14.3 Å². The summed E-state index contributed by atoms with van der Waals surface area (Å²) in [6.07, 6.45) is -0.411. The van der Waals surface area contributed by atoms with Gasteiger partial charge in [0, 0.05) is 16.1 Å². The predicted molar refractivity (Wildman–Crippen MR) is 122 cm³/mol. The van der Waals surface area contributed by atoms with Crippen molar-refractivity contribution in [3.05, 3.63) is 61.8 Å². The Kier molecular flexibility index (Phi) is 5.42. The fraction of sp³-hybridized carbons (Fsp3) is 0.238. The van der Waals surface area contributed by atoms with Crippen LogP contribution in [0.15, 0.2) is 42.5 Å². The van der Waals surface area contributed by atoms with Gasteiger partial charge >= 0.3 is 6.09 Å². The Labute approximate surface area is 186 Å². The first-order chi connectivity index (χ1) is 13.8. The molecule has 8 heteroatoms. The molecule has 1 aromatic heterocycles. The van der Waals surface area contributed by atoms with Crippen LogP contribution in [0.2, 0.25) is 5.02 Å². The average molecular weight is 464 g/mol. The molecule has 0 radical (unpaired) electrons. The molecular formula is C21H18ClNO3S3. The number of methoxy groups -OCH3 is 1. The standard InChI is InChI=1S/C21H18ClNO3S3/c1-21(2)18-17(19(27)29-28-18)15-10-14(25-3)8-9-16(15)23(21)20(24)26-11-12-4-6-13(22)7-5-12/h4-10H,11H2,1-3H3. The van der Waals surface area contributed by atoms with Crippen LogP contribution < -0.4 is 9.64 Å². The number of nitrogens with zero attached hydrogens (tertiary/aromatic N) is 1. The SMILES string of the molecule is COc1ccc2c(c1)-c1c(ssc1=S)C(C)(C)N2C(=O)OCc1ccc(Cl)cc1. The molecule has 29 heavy (non-hydrogen) atoms. The van der Waals surface area contributed by atoms with Crippen LogP contribution in [0, 0.1) is 3.82 Å². The first-order valence-electron chi connectivity index (χ1n) is 8.86. The lowest BCUT2D eigenvalue weighted by Gasteiger charge is -2.42. The number of halogens is 1. The average Bonchev–Trinajstić information content (AvgIpc) is 3.10. The van der Waals surface area contributed by atoms with Gasteiger partial charge < -0.3 is 9.47 Å². The van der Waals surface area contributed by atoms with Crippen LogP contribution >= 0.6 is 44.5 Å². The highest BCUT2D eigenvalue weighted by Gasteiger charge is 2.44. The van der Waals surface area contributed by atoms with E-state index in [1.165, 1.54) is 0 Å². The van der Waals surface area contributed by atoms with Gasteiger partial charge in [-0.2, -0.15) is 0 Å². The van der Waals surface area contributed by atoms with E-state index in [4.69, 9.17) is 33.3 Å². The maximum absolute atomic E-state index is 13.2. The summed E-state index contributed by atoms with van der Waals surface area (Å²) in [7, 11) is 4.78. The molecule has 1 aliphatic heterocycles. The summed E-state index contributed by atoms with van der Waals surface area (Å²) in [4.78, 5) is 16.0. The summed E-state index contributed by atoms with van der Waals surface area (Å²) < 4.78 is 11.9. The predicted octanol–water partition coefficient (Wildman–Crippen LogP) is 7.26. The van der Waals surface area contributed by atoms with Crippen molar-refractivity contribution in [3.63, 3.8) is 0 Å². The van der Waals surface area contributed by atoms with Crippen LogP contribution in [0.1, 0.15) is 24.3 Å². The molecule has 1 amide bonds. The fourth-order valence-electron chi connectivity index (χ4n) is 3.45. The lowest BCUT2D eigenvalue weighted by molar-refractivity contribution is 0.140. The Balaban J connectivity index is 1.74. The van der Waals surface area contributed by atoms with Gasteiger partial charge in [0.05, 0.1) is 23.2 Å². The van der Waals surface area contributed by atoms with Crippen LogP contribution in [-0.2, 0) is 16.9 Å². The smallest absolute Gasteiger partial charge is 0.415 e. The second-order valence-corrected chi connectivity index (χ2v) is 10.4. The molecule has 2 heterocycles. The van der Waals surface area contributed by atoms with Crippen LogP contribution in [0.5, 0.6) is 5.75 Å². The van der Waals surface area contributed by atoms with Crippen LogP contribution in [0.4, 0.5) is 10.5 Å². The number of hydrogen-bond acceptors (Lipinski definition) is 6. The van der Waals surface area contributed by atoms with Crippen LogP contribution in [-0.4, -0.2) is 13.2 Å². The van der Waals surface area contributed by atoms with Gasteiger partial charge in [-0.3, -0.25) is 4.90 Å². The molecule has 0 saturated heterocycles. The molecule has 0 unspecified atom stereocenters. The Bertz CT molecular complexity index is 1130. The minimum Gasteiger partial charge on any atom is -0.497 e. The summed E-state index contributed by atoms with van der Waals surface area (Å²) >= 11 is 11.5. The maximum Gasteiger partial charge on any atom is 0.415 e. The van der Waals surface area contributed by atoms with Crippen molar-refractivity contribution in [1.29, 1.82) is 0 Å². The molecule has 1 aliphatic rings.